The van der Waals surface area contributed by atoms with Gasteiger partial charge >= 0.3 is 0 Å². The molecule has 2 aromatic rings. The van der Waals surface area contributed by atoms with E-state index in [0.717, 1.165) is 34.3 Å². The normalized spacial score (nSPS) is 12.2. The summed E-state index contributed by atoms with van der Waals surface area (Å²) >= 11 is 3.55. The molecule has 4 heteroatoms. The number of methoxy groups -OCH3 is 1. The van der Waals surface area contributed by atoms with Gasteiger partial charge in [0.15, 0.2) is 0 Å². The maximum atomic E-state index is 6.20. The van der Waals surface area contributed by atoms with Crippen LogP contribution in [0.4, 0.5) is 0 Å². The van der Waals surface area contributed by atoms with Gasteiger partial charge in [0.1, 0.15) is 5.75 Å². The Labute approximate surface area is 121 Å². The van der Waals surface area contributed by atoms with Crippen molar-refractivity contribution in [2.24, 2.45) is 5.73 Å². The van der Waals surface area contributed by atoms with Crippen molar-refractivity contribution in [3.8, 4) is 5.75 Å². The number of hydrogen-bond acceptors (Lipinski definition) is 3. The number of rotatable bonds is 5. The highest BCUT2D eigenvalue weighted by Crippen LogP contribution is 2.23. The van der Waals surface area contributed by atoms with Gasteiger partial charge in [-0.1, -0.05) is 22.0 Å². The lowest BCUT2D eigenvalue weighted by Gasteiger charge is -2.13. The molecule has 0 amide bonds. The van der Waals surface area contributed by atoms with Gasteiger partial charge in [0, 0.05) is 28.8 Å². The maximum Gasteiger partial charge on any atom is 0.119 e. The number of pyridine rings is 1. The monoisotopic (exact) mass is 320 g/mol. The van der Waals surface area contributed by atoms with Gasteiger partial charge in [-0.3, -0.25) is 4.98 Å². The molecule has 0 spiro atoms. The number of ether oxygens (including phenoxy) is 1. The number of hydrogen-bond donors (Lipinski definition) is 1. The molecule has 3 nitrogen and oxygen atoms in total. The minimum atomic E-state index is 0.0401. The number of halogens is 1. The van der Waals surface area contributed by atoms with Crippen molar-refractivity contribution in [1.29, 1.82) is 0 Å². The van der Waals surface area contributed by atoms with Crippen LogP contribution in [0.5, 0.6) is 5.75 Å². The van der Waals surface area contributed by atoms with Crippen LogP contribution < -0.4 is 10.5 Å². The Morgan fingerprint density at radius 3 is 2.79 bits per heavy atom. The van der Waals surface area contributed by atoms with E-state index < -0.39 is 0 Å². The molecule has 0 fully saturated rings. The van der Waals surface area contributed by atoms with Gasteiger partial charge < -0.3 is 10.5 Å². The molecule has 100 valence electrons. The number of nitrogens with zero attached hydrogens (tertiary/aromatic N) is 1. The molecule has 2 rings (SSSR count). The molecule has 0 aliphatic carbocycles. The van der Waals surface area contributed by atoms with Crippen LogP contribution in [0.2, 0.25) is 0 Å². The van der Waals surface area contributed by atoms with Crippen molar-refractivity contribution in [2.45, 2.75) is 18.9 Å². The van der Waals surface area contributed by atoms with Gasteiger partial charge in [-0.25, -0.2) is 0 Å². The van der Waals surface area contributed by atoms with Gasteiger partial charge in [0.2, 0.25) is 0 Å². The Hall–Kier alpha value is -1.39. The third-order valence-corrected chi connectivity index (χ3v) is 3.71. The standard InChI is InChI=1S/C15H17BrN2O/c1-19-14-5-6-15(16)11(9-14)8-12(17)10-13-4-2-3-7-18-13/h2-7,9,12H,8,10,17H2,1H3. The quantitative estimate of drug-likeness (QED) is 0.921. The summed E-state index contributed by atoms with van der Waals surface area (Å²) in [5.41, 5.74) is 8.37. The molecule has 0 bridgehead atoms. The average Bonchev–Trinajstić information content (AvgIpc) is 2.42. The summed E-state index contributed by atoms with van der Waals surface area (Å²) in [6, 6.07) is 11.9. The molecule has 0 aliphatic heterocycles. The number of nitrogens with two attached hydrogens (primary N) is 1. The second-order valence-electron chi connectivity index (χ2n) is 4.45. The van der Waals surface area contributed by atoms with E-state index in [1.165, 1.54) is 0 Å². The second kappa shape index (κ2) is 6.68. The first-order valence-corrected chi connectivity index (χ1v) is 6.96. The summed E-state index contributed by atoms with van der Waals surface area (Å²) in [7, 11) is 1.67. The van der Waals surface area contributed by atoms with Crippen LogP contribution in [-0.4, -0.2) is 18.1 Å². The summed E-state index contributed by atoms with van der Waals surface area (Å²) in [6.07, 6.45) is 3.35. The van der Waals surface area contributed by atoms with Crippen molar-refractivity contribution >= 4 is 15.9 Å². The lowest BCUT2D eigenvalue weighted by molar-refractivity contribution is 0.414. The van der Waals surface area contributed by atoms with Crippen LogP contribution >= 0.6 is 15.9 Å². The van der Waals surface area contributed by atoms with E-state index >= 15 is 0 Å². The van der Waals surface area contributed by atoms with E-state index in [2.05, 4.69) is 20.9 Å². The molecule has 1 aromatic heterocycles. The zero-order chi connectivity index (χ0) is 13.7. The van der Waals surface area contributed by atoms with Crippen molar-refractivity contribution in [3.05, 3.63) is 58.3 Å². The van der Waals surface area contributed by atoms with E-state index in [9.17, 15) is 0 Å². The predicted molar refractivity (Wildman–Crippen MR) is 80.3 cm³/mol. The molecule has 0 saturated carbocycles. The van der Waals surface area contributed by atoms with E-state index in [1.807, 2.05) is 36.4 Å². The maximum absolute atomic E-state index is 6.20. The lowest BCUT2D eigenvalue weighted by Crippen LogP contribution is -2.26. The average molecular weight is 321 g/mol. The molecule has 19 heavy (non-hydrogen) atoms. The summed E-state index contributed by atoms with van der Waals surface area (Å²) in [6.45, 7) is 0. The Kier molecular flexibility index (Phi) is 4.93. The lowest BCUT2D eigenvalue weighted by atomic mass is 10.0. The first kappa shape index (κ1) is 14.0. The minimum Gasteiger partial charge on any atom is -0.497 e. The number of aromatic nitrogens is 1. The van der Waals surface area contributed by atoms with Crippen molar-refractivity contribution in [1.82, 2.24) is 4.98 Å². The SMILES string of the molecule is COc1ccc(Br)c(CC(N)Cc2ccccn2)c1. The molecular weight excluding hydrogens is 304 g/mol. The Morgan fingerprint density at radius 1 is 1.26 bits per heavy atom. The summed E-state index contributed by atoms with van der Waals surface area (Å²) < 4.78 is 6.30. The molecular formula is C15H17BrN2O. The smallest absolute Gasteiger partial charge is 0.119 e. The van der Waals surface area contributed by atoms with Crippen molar-refractivity contribution < 1.29 is 4.74 Å². The summed E-state index contributed by atoms with van der Waals surface area (Å²) in [5.74, 6) is 0.850. The molecule has 0 aliphatic rings. The molecule has 0 radical (unpaired) electrons. The van der Waals surface area contributed by atoms with Crippen molar-refractivity contribution in [2.75, 3.05) is 7.11 Å². The summed E-state index contributed by atoms with van der Waals surface area (Å²) in [5, 5.41) is 0. The largest absolute Gasteiger partial charge is 0.497 e. The first-order valence-electron chi connectivity index (χ1n) is 6.17. The van der Waals surface area contributed by atoms with Crippen LogP contribution in [0.15, 0.2) is 47.1 Å². The predicted octanol–water partition coefficient (Wildman–Crippen LogP) is 2.97. The highest BCUT2D eigenvalue weighted by molar-refractivity contribution is 9.10. The van der Waals surface area contributed by atoms with E-state index in [4.69, 9.17) is 10.5 Å². The third-order valence-electron chi connectivity index (χ3n) is 2.93. The van der Waals surface area contributed by atoms with Gasteiger partial charge in [0.05, 0.1) is 7.11 Å². The zero-order valence-corrected chi connectivity index (χ0v) is 12.4. The van der Waals surface area contributed by atoms with Crippen LogP contribution in [0.3, 0.4) is 0 Å². The van der Waals surface area contributed by atoms with Crippen LogP contribution in [0, 0.1) is 0 Å². The third kappa shape index (κ3) is 4.04. The molecule has 1 heterocycles. The Bertz CT molecular complexity index is 531. The first-order chi connectivity index (χ1) is 9.19. The minimum absolute atomic E-state index is 0.0401. The molecule has 0 saturated heterocycles. The fourth-order valence-electron chi connectivity index (χ4n) is 1.98. The molecule has 1 unspecified atom stereocenters. The van der Waals surface area contributed by atoms with Gasteiger partial charge in [-0.2, -0.15) is 0 Å². The fraction of sp³-hybridized carbons (Fsp3) is 0.267. The van der Waals surface area contributed by atoms with E-state index in [0.29, 0.717) is 0 Å². The topological polar surface area (TPSA) is 48.1 Å². The Balaban J connectivity index is 2.04. The van der Waals surface area contributed by atoms with Crippen LogP contribution in [-0.2, 0) is 12.8 Å². The van der Waals surface area contributed by atoms with Crippen LogP contribution in [0.25, 0.3) is 0 Å². The fourth-order valence-corrected chi connectivity index (χ4v) is 2.39. The van der Waals surface area contributed by atoms with Gasteiger partial charge in [-0.15, -0.1) is 0 Å². The number of benzene rings is 1. The van der Waals surface area contributed by atoms with E-state index in [1.54, 1.807) is 13.3 Å². The summed E-state index contributed by atoms with van der Waals surface area (Å²) in [4.78, 5) is 4.30. The van der Waals surface area contributed by atoms with E-state index in [-0.39, 0.29) is 6.04 Å². The second-order valence-corrected chi connectivity index (χ2v) is 5.30. The van der Waals surface area contributed by atoms with Crippen molar-refractivity contribution in [3.63, 3.8) is 0 Å². The molecule has 1 atom stereocenters. The Morgan fingerprint density at radius 2 is 2.11 bits per heavy atom. The highest BCUT2D eigenvalue weighted by Gasteiger charge is 2.09. The van der Waals surface area contributed by atoms with Gasteiger partial charge in [-0.05, 0) is 42.3 Å². The van der Waals surface area contributed by atoms with Gasteiger partial charge in [0.25, 0.3) is 0 Å². The molecule has 1 aromatic carbocycles. The van der Waals surface area contributed by atoms with Crippen LogP contribution in [0.1, 0.15) is 11.3 Å². The molecule has 2 N–H and O–H groups in total. The highest BCUT2D eigenvalue weighted by atomic mass is 79.9. The zero-order valence-electron chi connectivity index (χ0n) is 10.8.